The Morgan fingerprint density at radius 2 is 1.96 bits per heavy atom. The first-order valence-electron chi connectivity index (χ1n) is 9.62. The van der Waals surface area contributed by atoms with E-state index in [1.54, 1.807) is 4.90 Å². The van der Waals surface area contributed by atoms with Crippen LogP contribution in [0.5, 0.6) is 0 Å². The lowest BCUT2D eigenvalue weighted by molar-refractivity contribution is -0.131. The Bertz CT molecular complexity index is 746. The van der Waals surface area contributed by atoms with Crippen molar-refractivity contribution in [2.75, 3.05) is 18.0 Å². The highest BCUT2D eigenvalue weighted by Gasteiger charge is 2.37. The second-order valence-corrected chi connectivity index (χ2v) is 7.56. The van der Waals surface area contributed by atoms with Gasteiger partial charge in [-0.05, 0) is 61.8 Å². The van der Waals surface area contributed by atoms with Crippen molar-refractivity contribution in [3.05, 3.63) is 29.3 Å². The molecule has 6 nitrogen and oxygen atoms in total. The molecule has 0 unspecified atom stereocenters. The van der Waals surface area contributed by atoms with Crippen molar-refractivity contribution in [2.24, 2.45) is 5.92 Å². The maximum atomic E-state index is 12.6. The van der Waals surface area contributed by atoms with E-state index in [9.17, 15) is 14.4 Å². The second kappa shape index (κ2) is 7.09. The van der Waals surface area contributed by atoms with E-state index < -0.39 is 12.0 Å². The number of hydrogen-bond donors (Lipinski definition) is 2. The van der Waals surface area contributed by atoms with E-state index in [2.05, 4.69) is 22.8 Å². The lowest BCUT2D eigenvalue weighted by atomic mass is 10.1. The summed E-state index contributed by atoms with van der Waals surface area (Å²) in [6, 6.07) is 5.71. The van der Waals surface area contributed by atoms with Crippen molar-refractivity contribution in [2.45, 2.75) is 51.0 Å². The number of carbonyl (C=O) groups is 3. The number of hydrogen-bond acceptors (Lipinski definition) is 3. The summed E-state index contributed by atoms with van der Waals surface area (Å²) in [7, 11) is 0. The van der Waals surface area contributed by atoms with Gasteiger partial charge in [-0.1, -0.05) is 6.07 Å². The average molecular weight is 355 g/mol. The van der Waals surface area contributed by atoms with Gasteiger partial charge < -0.3 is 15.5 Å². The van der Waals surface area contributed by atoms with Gasteiger partial charge in [0.15, 0.2) is 0 Å². The van der Waals surface area contributed by atoms with Crippen LogP contribution < -0.4 is 15.5 Å². The molecule has 4 rings (SSSR count). The predicted octanol–water partition coefficient (Wildman–Crippen LogP) is 1.31. The molecule has 2 atom stereocenters. The quantitative estimate of drug-likeness (QED) is 0.858. The van der Waals surface area contributed by atoms with Crippen LogP contribution in [0.25, 0.3) is 0 Å². The lowest BCUT2D eigenvalue weighted by Gasteiger charge is -2.19. The molecule has 0 saturated carbocycles. The third kappa shape index (κ3) is 3.32. The standard InChI is InChI=1S/C20H25N3O3/c24-18-11-15(19(25)22-17-6-1-2-9-21-20(17)26)12-23(18)16-8-7-13-4-3-5-14(13)10-16/h7-8,10,15,17H,1-6,9,11-12H2,(H,21,26)(H,22,25)/t15-,17-/m1/s1. The molecule has 1 aliphatic carbocycles. The smallest absolute Gasteiger partial charge is 0.242 e. The van der Waals surface area contributed by atoms with Crippen LogP contribution in [-0.2, 0) is 27.2 Å². The van der Waals surface area contributed by atoms with Gasteiger partial charge in [0.2, 0.25) is 17.7 Å². The topological polar surface area (TPSA) is 78.5 Å². The Kier molecular flexibility index (Phi) is 4.66. The molecule has 2 saturated heterocycles. The van der Waals surface area contributed by atoms with Crippen molar-refractivity contribution >= 4 is 23.4 Å². The van der Waals surface area contributed by atoms with Gasteiger partial charge in [0, 0.05) is 25.2 Å². The summed E-state index contributed by atoms with van der Waals surface area (Å²) in [5.41, 5.74) is 3.57. The molecule has 3 amide bonds. The van der Waals surface area contributed by atoms with E-state index in [1.807, 2.05) is 6.07 Å². The molecule has 26 heavy (non-hydrogen) atoms. The number of nitrogens with zero attached hydrogens (tertiary/aromatic N) is 1. The van der Waals surface area contributed by atoms with E-state index in [0.717, 1.165) is 31.4 Å². The fourth-order valence-corrected chi connectivity index (χ4v) is 4.23. The van der Waals surface area contributed by atoms with Crippen LogP contribution in [0.3, 0.4) is 0 Å². The first-order chi connectivity index (χ1) is 12.6. The normalized spacial score (nSPS) is 25.6. The molecule has 1 aromatic rings. The van der Waals surface area contributed by atoms with Gasteiger partial charge in [-0.15, -0.1) is 0 Å². The number of fused-ring (bicyclic) bond motifs is 1. The minimum atomic E-state index is -0.478. The van der Waals surface area contributed by atoms with Gasteiger partial charge in [0.1, 0.15) is 6.04 Å². The van der Waals surface area contributed by atoms with E-state index in [4.69, 9.17) is 0 Å². The first kappa shape index (κ1) is 17.1. The van der Waals surface area contributed by atoms with Gasteiger partial charge in [0.25, 0.3) is 0 Å². The molecule has 0 aromatic heterocycles. The summed E-state index contributed by atoms with van der Waals surface area (Å²) in [6.45, 7) is 1.05. The summed E-state index contributed by atoms with van der Waals surface area (Å²) in [6.07, 6.45) is 6.05. The Hall–Kier alpha value is -2.37. The Labute approximate surface area is 153 Å². The second-order valence-electron chi connectivity index (χ2n) is 7.56. The summed E-state index contributed by atoms with van der Waals surface area (Å²) >= 11 is 0. The molecule has 138 valence electrons. The van der Waals surface area contributed by atoms with Crippen LogP contribution in [0.4, 0.5) is 5.69 Å². The molecule has 2 aliphatic heterocycles. The third-order valence-corrected chi connectivity index (χ3v) is 5.74. The lowest BCUT2D eigenvalue weighted by Crippen LogP contribution is -2.47. The van der Waals surface area contributed by atoms with Gasteiger partial charge in [-0.3, -0.25) is 14.4 Å². The number of nitrogens with one attached hydrogen (secondary N) is 2. The molecule has 2 fully saturated rings. The molecule has 0 spiro atoms. The number of aryl methyl sites for hydroxylation is 2. The molecule has 0 radical (unpaired) electrons. The Morgan fingerprint density at radius 3 is 2.85 bits per heavy atom. The van der Waals surface area contributed by atoms with Gasteiger partial charge in [-0.25, -0.2) is 0 Å². The van der Waals surface area contributed by atoms with Crippen molar-refractivity contribution in [1.82, 2.24) is 10.6 Å². The van der Waals surface area contributed by atoms with Crippen LogP contribution >= 0.6 is 0 Å². The molecule has 3 aliphatic rings. The Balaban J connectivity index is 1.42. The molecular weight excluding hydrogens is 330 g/mol. The zero-order chi connectivity index (χ0) is 18.1. The number of benzene rings is 1. The average Bonchev–Trinajstić information content (AvgIpc) is 3.20. The summed E-state index contributed by atoms with van der Waals surface area (Å²) in [5.74, 6) is -0.722. The van der Waals surface area contributed by atoms with E-state index in [0.29, 0.717) is 19.5 Å². The summed E-state index contributed by atoms with van der Waals surface area (Å²) in [4.78, 5) is 38.8. The van der Waals surface area contributed by atoms with Gasteiger partial charge in [0.05, 0.1) is 5.92 Å². The molecule has 6 heteroatoms. The highest BCUT2D eigenvalue weighted by molar-refractivity contribution is 6.01. The molecule has 1 aromatic carbocycles. The summed E-state index contributed by atoms with van der Waals surface area (Å²) in [5, 5.41) is 5.68. The molecule has 0 bridgehead atoms. The van der Waals surface area contributed by atoms with Crippen LogP contribution in [0.2, 0.25) is 0 Å². The van der Waals surface area contributed by atoms with Crippen LogP contribution in [0, 0.1) is 5.92 Å². The largest absolute Gasteiger partial charge is 0.354 e. The number of rotatable bonds is 3. The van der Waals surface area contributed by atoms with Crippen molar-refractivity contribution < 1.29 is 14.4 Å². The zero-order valence-corrected chi connectivity index (χ0v) is 14.9. The van der Waals surface area contributed by atoms with E-state index in [-0.39, 0.29) is 24.1 Å². The fraction of sp³-hybridized carbons (Fsp3) is 0.550. The maximum Gasteiger partial charge on any atom is 0.242 e. The highest BCUT2D eigenvalue weighted by atomic mass is 16.2. The molecular formula is C20H25N3O3. The number of carbonyl (C=O) groups excluding carboxylic acids is 3. The third-order valence-electron chi connectivity index (χ3n) is 5.74. The zero-order valence-electron chi connectivity index (χ0n) is 14.9. The SMILES string of the molecule is O=C(N[C@@H]1CCCCNC1=O)[C@@H]1CC(=O)N(c2ccc3c(c2)CCC3)C1. The highest BCUT2D eigenvalue weighted by Crippen LogP contribution is 2.30. The molecule has 2 heterocycles. The number of anilines is 1. The minimum absolute atomic E-state index is 0.0200. The van der Waals surface area contributed by atoms with Crippen LogP contribution in [0.1, 0.15) is 43.2 Å². The maximum absolute atomic E-state index is 12.6. The monoisotopic (exact) mass is 355 g/mol. The van der Waals surface area contributed by atoms with Crippen molar-refractivity contribution in [3.63, 3.8) is 0 Å². The van der Waals surface area contributed by atoms with Crippen molar-refractivity contribution in [1.29, 1.82) is 0 Å². The van der Waals surface area contributed by atoms with Gasteiger partial charge >= 0.3 is 0 Å². The van der Waals surface area contributed by atoms with Crippen LogP contribution in [-0.4, -0.2) is 36.9 Å². The van der Waals surface area contributed by atoms with E-state index >= 15 is 0 Å². The van der Waals surface area contributed by atoms with Crippen molar-refractivity contribution in [3.8, 4) is 0 Å². The van der Waals surface area contributed by atoms with Gasteiger partial charge in [-0.2, -0.15) is 0 Å². The Morgan fingerprint density at radius 1 is 1.12 bits per heavy atom. The summed E-state index contributed by atoms with van der Waals surface area (Å²) < 4.78 is 0. The fourth-order valence-electron chi connectivity index (χ4n) is 4.23. The molecule has 2 N–H and O–H groups in total. The minimum Gasteiger partial charge on any atom is -0.354 e. The van der Waals surface area contributed by atoms with E-state index in [1.165, 1.54) is 17.5 Å². The van der Waals surface area contributed by atoms with Crippen LogP contribution in [0.15, 0.2) is 18.2 Å². The number of amides is 3. The predicted molar refractivity (Wildman–Crippen MR) is 97.7 cm³/mol. The first-order valence-corrected chi connectivity index (χ1v) is 9.62.